The number of aryl methyl sites for hydroxylation is 1. The fourth-order valence-corrected chi connectivity index (χ4v) is 2.19. The summed E-state index contributed by atoms with van der Waals surface area (Å²) in [5.74, 6) is 0. The standard InChI is InChI=1S/C12H15N3O2/c1-3-8-7-10-11(14-6-5-13-10)12(15(16)17)9(8)4-2/h5-7,13-14H,3-4H2,1-2H3. The Labute approximate surface area is 99.7 Å². The van der Waals surface area contributed by atoms with Gasteiger partial charge in [0.05, 0.1) is 10.6 Å². The van der Waals surface area contributed by atoms with Crippen LogP contribution in [0.2, 0.25) is 0 Å². The quantitative estimate of drug-likeness (QED) is 0.622. The number of hydrogen-bond acceptors (Lipinski definition) is 4. The molecule has 1 heterocycles. The number of benzene rings is 1. The van der Waals surface area contributed by atoms with Gasteiger partial charge in [-0.15, -0.1) is 0 Å². The van der Waals surface area contributed by atoms with Crippen molar-refractivity contribution in [3.05, 3.63) is 39.7 Å². The van der Waals surface area contributed by atoms with Crippen molar-refractivity contribution in [2.75, 3.05) is 10.6 Å². The molecular formula is C12H15N3O2. The lowest BCUT2D eigenvalue weighted by Crippen LogP contribution is -2.09. The predicted octanol–water partition coefficient (Wildman–Crippen LogP) is 3.03. The van der Waals surface area contributed by atoms with E-state index in [4.69, 9.17) is 0 Å². The first-order valence-corrected chi connectivity index (χ1v) is 5.70. The zero-order chi connectivity index (χ0) is 12.4. The van der Waals surface area contributed by atoms with Crippen LogP contribution in [0.1, 0.15) is 25.0 Å². The van der Waals surface area contributed by atoms with Gasteiger partial charge in [0.25, 0.3) is 5.69 Å². The Balaban J connectivity index is 2.71. The van der Waals surface area contributed by atoms with Gasteiger partial charge >= 0.3 is 0 Å². The number of anilines is 2. The summed E-state index contributed by atoms with van der Waals surface area (Å²) < 4.78 is 0. The molecule has 17 heavy (non-hydrogen) atoms. The van der Waals surface area contributed by atoms with E-state index in [-0.39, 0.29) is 10.6 Å². The second kappa shape index (κ2) is 4.45. The van der Waals surface area contributed by atoms with E-state index in [1.54, 1.807) is 12.4 Å². The van der Waals surface area contributed by atoms with Crippen LogP contribution < -0.4 is 10.6 Å². The molecule has 0 atom stereocenters. The summed E-state index contributed by atoms with van der Waals surface area (Å²) >= 11 is 0. The molecule has 0 unspecified atom stereocenters. The summed E-state index contributed by atoms with van der Waals surface area (Å²) in [6.45, 7) is 3.96. The van der Waals surface area contributed by atoms with Gasteiger partial charge in [0, 0.05) is 18.0 Å². The fourth-order valence-electron chi connectivity index (χ4n) is 2.19. The molecule has 0 amide bonds. The summed E-state index contributed by atoms with van der Waals surface area (Å²) in [5, 5.41) is 17.2. The van der Waals surface area contributed by atoms with Crippen LogP contribution in [0.15, 0.2) is 18.5 Å². The topological polar surface area (TPSA) is 67.2 Å². The van der Waals surface area contributed by atoms with Crippen LogP contribution in [-0.2, 0) is 12.8 Å². The number of rotatable bonds is 3. The molecule has 1 aliphatic rings. The van der Waals surface area contributed by atoms with Crippen molar-refractivity contribution in [2.24, 2.45) is 0 Å². The van der Waals surface area contributed by atoms with E-state index in [2.05, 4.69) is 10.6 Å². The third-order valence-corrected chi connectivity index (χ3v) is 2.97. The largest absolute Gasteiger partial charge is 0.358 e. The summed E-state index contributed by atoms with van der Waals surface area (Å²) in [6, 6.07) is 1.98. The third kappa shape index (κ3) is 1.84. The van der Waals surface area contributed by atoms with Gasteiger partial charge in [-0.3, -0.25) is 10.1 Å². The summed E-state index contributed by atoms with van der Waals surface area (Å²) in [6.07, 6.45) is 4.86. The van der Waals surface area contributed by atoms with Crippen molar-refractivity contribution in [3.8, 4) is 0 Å². The molecular weight excluding hydrogens is 218 g/mol. The molecule has 5 nitrogen and oxygen atoms in total. The van der Waals surface area contributed by atoms with E-state index in [9.17, 15) is 10.1 Å². The van der Waals surface area contributed by atoms with Crippen LogP contribution in [0, 0.1) is 10.1 Å². The first-order valence-electron chi connectivity index (χ1n) is 5.70. The molecule has 0 bridgehead atoms. The number of nitrogens with zero attached hydrogens (tertiary/aromatic N) is 1. The molecule has 2 N–H and O–H groups in total. The maximum Gasteiger partial charge on any atom is 0.298 e. The Kier molecular flexibility index (Phi) is 2.99. The number of nitro groups is 1. The molecule has 1 aromatic carbocycles. The van der Waals surface area contributed by atoms with Gasteiger partial charge in [-0.25, -0.2) is 0 Å². The van der Waals surface area contributed by atoms with E-state index in [0.717, 1.165) is 23.2 Å². The van der Waals surface area contributed by atoms with Gasteiger partial charge in [0.15, 0.2) is 0 Å². The summed E-state index contributed by atoms with van der Waals surface area (Å²) in [4.78, 5) is 10.9. The van der Waals surface area contributed by atoms with Gasteiger partial charge in [0.1, 0.15) is 5.69 Å². The molecule has 0 aliphatic carbocycles. The Hall–Kier alpha value is -2.04. The lowest BCUT2D eigenvalue weighted by Gasteiger charge is -2.18. The molecule has 90 valence electrons. The second-order valence-electron chi connectivity index (χ2n) is 3.87. The van der Waals surface area contributed by atoms with Crippen LogP contribution in [0.3, 0.4) is 0 Å². The minimum absolute atomic E-state index is 0.193. The number of fused-ring (bicyclic) bond motifs is 1. The zero-order valence-electron chi connectivity index (χ0n) is 9.91. The van der Waals surface area contributed by atoms with Crippen molar-refractivity contribution < 1.29 is 4.92 Å². The van der Waals surface area contributed by atoms with Crippen LogP contribution in [0.5, 0.6) is 0 Å². The van der Waals surface area contributed by atoms with E-state index < -0.39 is 0 Å². The average Bonchev–Trinajstić information content (AvgIpc) is 2.35. The predicted molar refractivity (Wildman–Crippen MR) is 68.2 cm³/mol. The van der Waals surface area contributed by atoms with Crippen molar-refractivity contribution in [2.45, 2.75) is 26.7 Å². The van der Waals surface area contributed by atoms with Gasteiger partial charge in [0.2, 0.25) is 0 Å². The average molecular weight is 233 g/mol. The molecule has 5 heteroatoms. The number of hydrogen-bond donors (Lipinski definition) is 2. The highest BCUT2D eigenvalue weighted by Crippen LogP contribution is 2.40. The van der Waals surface area contributed by atoms with Gasteiger partial charge < -0.3 is 10.6 Å². The van der Waals surface area contributed by atoms with Gasteiger partial charge in [-0.2, -0.15) is 0 Å². The lowest BCUT2D eigenvalue weighted by molar-refractivity contribution is -0.384. The first kappa shape index (κ1) is 11.4. The minimum Gasteiger partial charge on any atom is -0.358 e. The third-order valence-electron chi connectivity index (χ3n) is 2.97. The van der Waals surface area contributed by atoms with Crippen LogP contribution >= 0.6 is 0 Å². The highest BCUT2D eigenvalue weighted by molar-refractivity contribution is 5.84. The van der Waals surface area contributed by atoms with Crippen molar-refractivity contribution >= 4 is 17.1 Å². The second-order valence-corrected chi connectivity index (χ2v) is 3.87. The van der Waals surface area contributed by atoms with Crippen LogP contribution in [0.25, 0.3) is 0 Å². The van der Waals surface area contributed by atoms with E-state index in [1.165, 1.54) is 0 Å². The molecule has 0 spiro atoms. The molecule has 0 saturated carbocycles. The normalized spacial score (nSPS) is 12.6. The maximum atomic E-state index is 11.2. The smallest absolute Gasteiger partial charge is 0.298 e. The summed E-state index contributed by atoms with van der Waals surface area (Å²) in [5.41, 5.74) is 3.38. The molecule has 1 aliphatic heterocycles. The highest BCUT2D eigenvalue weighted by atomic mass is 16.6. The SMILES string of the molecule is CCc1cc2c(c([N+](=O)[O-])c1CC)NC=CN2. The Morgan fingerprint density at radius 1 is 1.24 bits per heavy atom. The fraction of sp³-hybridized carbons (Fsp3) is 0.333. The number of nitrogens with one attached hydrogen (secondary N) is 2. The summed E-state index contributed by atoms with van der Waals surface area (Å²) in [7, 11) is 0. The molecule has 0 saturated heterocycles. The Bertz CT molecular complexity index is 495. The lowest BCUT2D eigenvalue weighted by atomic mass is 9.98. The highest BCUT2D eigenvalue weighted by Gasteiger charge is 2.25. The van der Waals surface area contributed by atoms with E-state index >= 15 is 0 Å². The van der Waals surface area contributed by atoms with Gasteiger partial charge in [-0.1, -0.05) is 13.8 Å². The first-order chi connectivity index (χ1) is 8.19. The van der Waals surface area contributed by atoms with Crippen LogP contribution in [0.4, 0.5) is 17.1 Å². The van der Waals surface area contributed by atoms with Gasteiger partial charge in [-0.05, 0) is 24.5 Å². The molecule has 1 aromatic rings. The van der Waals surface area contributed by atoms with E-state index in [1.807, 2.05) is 19.9 Å². The Morgan fingerprint density at radius 2 is 1.94 bits per heavy atom. The van der Waals surface area contributed by atoms with Crippen molar-refractivity contribution in [1.29, 1.82) is 0 Å². The Morgan fingerprint density at radius 3 is 2.53 bits per heavy atom. The number of nitro benzene ring substituents is 1. The van der Waals surface area contributed by atoms with Crippen molar-refractivity contribution in [3.63, 3.8) is 0 Å². The monoisotopic (exact) mass is 233 g/mol. The molecule has 0 fully saturated rings. The van der Waals surface area contributed by atoms with Crippen LogP contribution in [-0.4, -0.2) is 4.92 Å². The van der Waals surface area contributed by atoms with Crippen molar-refractivity contribution in [1.82, 2.24) is 0 Å². The molecule has 2 rings (SSSR count). The van der Waals surface area contributed by atoms with E-state index in [0.29, 0.717) is 12.1 Å². The minimum atomic E-state index is -0.301. The molecule has 0 radical (unpaired) electrons. The maximum absolute atomic E-state index is 11.2. The molecule has 0 aromatic heterocycles. The zero-order valence-corrected chi connectivity index (χ0v) is 9.91.